The number of fused-ring (bicyclic) bond motifs is 1. The number of rotatable bonds is 4. The first kappa shape index (κ1) is 19.2. The second-order valence-corrected chi connectivity index (χ2v) is 7.41. The number of anilines is 1. The Morgan fingerprint density at radius 2 is 1.93 bits per heavy atom. The molecule has 2 amide bonds. The standard InChI is InChI=1S/C21H23ClN2O3/c1-13-5-4-6-14(2)20(13)23-19(25)11-24(3)21(26)16-9-15-10-17(22)7-8-18(15)27-12-16/h4-8,10,16H,9,11-12H2,1-3H3,(H,23,25)/t16-/m1/s1. The molecular weight excluding hydrogens is 364 g/mol. The van der Waals surface area contributed by atoms with Crippen LogP contribution in [0.15, 0.2) is 36.4 Å². The summed E-state index contributed by atoms with van der Waals surface area (Å²) in [6.07, 6.45) is 0.553. The van der Waals surface area contributed by atoms with Gasteiger partial charge in [0.25, 0.3) is 0 Å². The van der Waals surface area contributed by atoms with E-state index < -0.39 is 0 Å². The average molecular weight is 387 g/mol. The Balaban J connectivity index is 1.61. The number of ether oxygens (including phenoxy) is 1. The van der Waals surface area contributed by atoms with Gasteiger partial charge in [-0.05, 0) is 55.2 Å². The van der Waals surface area contributed by atoms with Crippen LogP contribution in [0.5, 0.6) is 5.75 Å². The average Bonchev–Trinajstić information content (AvgIpc) is 2.63. The van der Waals surface area contributed by atoms with Gasteiger partial charge in [-0.25, -0.2) is 0 Å². The summed E-state index contributed by atoms with van der Waals surface area (Å²) in [6.45, 7) is 4.18. The van der Waals surface area contributed by atoms with Gasteiger partial charge in [0.15, 0.2) is 0 Å². The molecule has 1 aliphatic heterocycles. The number of nitrogens with one attached hydrogen (secondary N) is 1. The van der Waals surface area contributed by atoms with Gasteiger partial charge in [0, 0.05) is 17.8 Å². The van der Waals surface area contributed by atoms with Gasteiger partial charge in [0.1, 0.15) is 12.4 Å². The number of amides is 2. The number of hydrogen-bond acceptors (Lipinski definition) is 3. The first-order valence-corrected chi connectivity index (χ1v) is 9.25. The predicted octanol–water partition coefficient (Wildman–Crippen LogP) is 3.61. The zero-order chi connectivity index (χ0) is 19.6. The molecule has 0 radical (unpaired) electrons. The van der Waals surface area contributed by atoms with E-state index in [1.54, 1.807) is 13.1 Å². The molecule has 6 heteroatoms. The van der Waals surface area contributed by atoms with Crippen LogP contribution in [0.1, 0.15) is 16.7 Å². The summed E-state index contributed by atoms with van der Waals surface area (Å²) in [7, 11) is 1.64. The third-order valence-corrected chi connectivity index (χ3v) is 5.02. The van der Waals surface area contributed by atoms with E-state index in [-0.39, 0.29) is 24.3 Å². The van der Waals surface area contributed by atoms with Crippen molar-refractivity contribution in [3.8, 4) is 5.75 Å². The van der Waals surface area contributed by atoms with Crippen LogP contribution in [0.2, 0.25) is 5.02 Å². The van der Waals surface area contributed by atoms with E-state index in [0.717, 1.165) is 28.1 Å². The molecule has 1 aliphatic rings. The van der Waals surface area contributed by atoms with Crippen molar-refractivity contribution in [1.29, 1.82) is 0 Å². The molecule has 3 rings (SSSR count). The lowest BCUT2D eigenvalue weighted by Crippen LogP contribution is -2.42. The zero-order valence-electron chi connectivity index (χ0n) is 15.7. The fourth-order valence-corrected chi connectivity index (χ4v) is 3.51. The number of likely N-dealkylation sites (N-methyl/N-ethyl adjacent to an activating group) is 1. The Labute approximate surface area is 164 Å². The lowest BCUT2D eigenvalue weighted by Gasteiger charge is -2.28. The molecule has 0 aliphatic carbocycles. The van der Waals surface area contributed by atoms with Crippen LogP contribution in [-0.4, -0.2) is 36.9 Å². The van der Waals surface area contributed by atoms with Crippen molar-refractivity contribution in [3.05, 3.63) is 58.1 Å². The minimum Gasteiger partial charge on any atom is -0.492 e. The molecule has 0 unspecified atom stereocenters. The van der Waals surface area contributed by atoms with Crippen LogP contribution in [0.3, 0.4) is 0 Å². The quantitative estimate of drug-likeness (QED) is 0.873. The van der Waals surface area contributed by atoms with Gasteiger partial charge in [-0.3, -0.25) is 9.59 Å². The molecule has 0 saturated heterocycles. The van der Waals surface area contributed by atoms with Crippen LogP contribution in [0.25, 0.3) is 0 Å². The van der Waals surface area contributed by atoms with Crippen molar-refractivity contribution in [3.63, 3.8) is 0 Å². The Kier molecular flexibility index (Phi) is 5.71. The normalized spacial score (nSPS) is 15.5. The van der Waals surface area contributed by atoms with Crippen LogP contribution in [0, 0.1) is 19.8 Å². The summed E-state index contributed by atoms with van der Waals surface area (Å²) < 4.78 is 5.69. The van der Waals surface area contributed by atoms with Crippen molar-refractivity contribution < 1.29 is 14.3 Å². The summed E-state index contributed by atoms with van der Waals surface area (Å²) in [5.74, 6) is 0.105. The predicted molar refractivity (Wildman–Crippen MR) is 106 cm³/mol. The minimum atomic E-state index is -0.325. The number of carbonyl (C=O) groups is 2. The molecule has 2 aromatic rings. The van der Waals surface area contributed by atoms with E-state index in [1.807, 2.05) is 44.2 Å². The van der Waals surface area contributed by atoms with Gasteiger partial charge in [-0.1, -0.05) is 29.8 Å². The largest absolute Gasteiger partial charge is 0.492 e. The summed E-state index contributed by atoms with van der Waals surface area (Å²) in [5, 5.41) is 3.53. The van der Waals surface area contributed by atoms with E-state index in [9.17, 15) is 9.59 Å². The second-order valence-electron chi connectivity index (χ2n) is 6.97. The fraction of sp³-hybridized carbons (Fsp3) is 0.333. The molecule has 1 atom stereocenters. The summed E-state index contributed by atoms with van der Waals surface area (Å²) in [4.78, 5) is 26.6. The Morgan fingerprint density at radius 3 is 2.63 bits per heavy atom. The lowest BCUT2D eigenvalue weighted by atomic mass is 9.95. The smallest absolute Gasteiger partial charge is 0.243 e. The maximum Gasteiger partial charge on any atom is 0.243 e. The molecule has 0 aromatic heterocycles. The monoisotopic (exact) mass is 386 g/mol. The summed E-state index contributed by atoms with van der Waals surface area (Å²) in [6, 6.07) is 11.2. The first-order valence-electron chi connectivity index (χ1n) is 8.87. The molecule has 0 spiro atoms. The number of hydrogen-bond donors (Lipinski definition) is 1. The van der Waals surface area contributed by atoms with Gasteiger partial charge in [-0.2, -0.15) is 0 Å². The number of halogens is 1. The highest BCUT2D eigenvalue weighted by Gasteiger charge is 2.29. The molecule has 0 fully saturated rings. The summed E-state index contributed by atoms with van der Waals surface area (Å²) >= 11 is 6.03. The van der Waals surface area contributed by atoms with Crippen molar-refractivity contribution in [1.82, 2.24) is 4.90 Å². The van der Waals surface area contributed by atoms with Gasteiger partial charge >= 0.3 is 0 Å². The maximum atomic E-state index is 12.7. The topological polar surface area (TPSA) is 58.6 Å². The molecule has 0 bridgehead atoms. The Hall–Kier alpha value is -2.53. The van der Waals surface area contributed by atoms with Crippen LogP contribution < -0.4 is 10.1 Å². The molecular formula is C21H23ClN2O3. The van der Waals surface area contributed by atoms with E-state index in [0.29, 0.717) is 18.1 Å². The second kappa shape index (κ2) is 8.01. The lowest BCUT2D eigenvalue weighted by molar-refractivity contribution is -0.138. The fourth-order valence-electron chi connectivity index (χ4n) is 3.32. The zero-order valence-corrected chi connectivity index (χ0v) is 16.5. The molecule has 0 saturated carbocycles. The third-order valence-electron chi connectivity index (χ3n) is 4.78. The van der Waals surface area contributed by atoms with Gasteiger partial charge < -0.3 is 15.0 Å². The summed E-state index contributed by atoms with van der Waals surface area (Å²) in [5.41, 5.74) is 3.70. The Morgan fingerprint density at radius 1 is 1.22 bits per heavy atom. The van der Waals surface area contributed by atoms with E-state index >= 15 is 0 Å². The van der Waals surface area contributed by atoms with E-state index in [2.05, 4.69) is 5.32 Å². The number of nitrogens with zero attached hydrogens (tertiary/aromatic N) is 1. The molecule has 1 heterocycles. The number of carbonyl (C=O) groups excluding carboxylic acids is 2. The molecule has 27 heavy (non-hydrogen) atoms. The van der Waals surface area contributed by atoms with E-state index in [4.69, 9.17) is 16.3 Å². The van der Waals surface area contributed by atoms with Crippen LogP contribution in [-0.2, 0) is 16.0 Å². The highest BCUT2D eigenvalue weighted by molar-refractivity contribution is 6.30. The van der Waals surface area contributed by atoms with Crippen molar-refractivity contribution in [2.45, 2.75) is 20.3 Å². The third kappa shape index (κ3) is 4.42. The molecule has 142 valence electrons. The Bertz CT molecular complexity index is 861. The van der Waals surface area contributed by atoms with Crippen LogP contribution >= 0.6 is 11.6 Å². The highest BCUT2D eigenvalue weighted by Crippen LogP contribution is 2.30. The van der Waals surface area contributed by atoms with Crippen molar-refractivity contribution >= 4 is 29.1 Å². The number of aryl methyl sites for hydroxylation is 2. The van der Waals surface area contributed by atoms with Crippen molar-refractivity contribution in [2.24, 2.45) is 5.92 Å². The van der Waals surface area contributed by atoms with Gasteiger partial charge in [-0.15, -0.1) is 0 Å². The first-order chi connectivity index (χ1) is 12.8. The van der Waals surface area contributed by atoms with Gasteiger partial charge in [0.05, 0.1) is 12.5 Å². The SMILES string of the molecule is Cc1cccc(C)c1NC(=O)CN(C)C(=O)[C@H]1COc2ccc(Cl)cc2C1. The minimum absolute atomic E-state index is 0.00842. The number of para-hydroxylation sites is 1. The maximum absolute atomic E-state index is 12.7. The molecule has 5 nitrogen and oxygen atoms in total. The number of benzene rings is 2. The van der Waals surface area contributed by atoms with Gasteiger partial charge in [0.2, 0.25) is 11.8 Å². The molecule has 1 N–H and O–H groups in total. The van der Waals surface area contributed by atoms with Crippen LogP contribution in [0.4, 0.5) is 5.69 Å². The highest BCUT2D eigenvalue weighted by atomic mass is 35.5. The van der Waals surface area contributed by atoms with Crippen molar-refractivity contribution in [2.75, 3.05) is 25.5 Å². The molecule has 2 aromatic carbocycles. The van der Waals surface area contributed by atoms with E-state index in [1.165, 1.54) is 4.90 Å².